The van der Waals surface area contributed by atoms with Crippen LogP contribution >= 0.6 is 23.4 Å². The van der Waals surface area contributed by atoms with Crippen molar-refractivity contribution in [3.8, 4) is 11.5 Å². The number of nitrogens with zero attached hydrogens (tertiary/aromatic N) is 2. The quantitative estimate of drug-likeness (QED) is 0.385. The van der Waals surface area contributed by atoms with Crippen LogP contribution in [0.3, 0.4) is 0 Å². The molecule has 2 N–H and O–H groups in total. The molecule has 1 atom stereocenters. The van der Waals surface area contributed by atoms with E-state index in [4.69, 9.17) is 25.2 Å². The van der Waals surface area contributed by atoms with E-state index in [-0.39, 0.29) is 17.6 Å². The van der Waals surface area contributed by atoms with Crippen molar-refractivity contribution in [1.82, 2.24) is 20.8 Å². The Kier molecular flexibility index (Phi) is 6.52. The van der Waals surface area contributed by atoms with Crippen LogP contribution in [0.25, 0.3) is 11.5 Å². The molecular weight excluding hydrogens is 456 g/mol. The largest absolute Gasteiger partial charge is 0.469 e. The van der Waals surface area contributed by atoms with Crippen molar-refractivity contribution in [1.29, 1.82) is 0 Å². The van der Waals surface area contributed by atoms with Crippen LogP contribution in [0.5, 0.6) is 0 Å². The molecule has 1 aliphatic rings. The summed E-state index contributed by atoms with van der Waals surface area (Å²) in [5, 5.41) is 14.4. The van der Waals surface area contributed by atoms with Gasteiger partial charge in [-0.05, 0) is 37.6 Å². The Hall–Kier alpha value is -3.24. The third-order valence-electron chi connectivity index (χ3n) is 4.69. The fraction of sp³-hybridized carbons (Fsp3) is 0.238. The minimum atomic E-state index is -0.692. The number of aromatic nitrogens is 2. The number of benzene rings is 1. The smallest absolute Gasteiger partial charge is 0.338 e. The number of esters is 1. The second-order valence-corrected chi connectivity index (χ2v) is 8.11. The number of carbonyl (C=O) groups is 2. The summed E-state index contributed by atoms with van der Waals surface area (Å²) >= 11 is 7.18. The van der Waals surface area contributed by atoms with E-state index in [1.807, 2.05) is 0 Å². The second-order valence-electron chi connectivity index (χ2n) is 6.75. The van der Waals surface area contributed by atoms with E-state index >= 15 is 0 Å². The number of halogens is 1. The van der Waals surface area contributed by atoms with E-state index in [9.17, 15) is 9.59 Å². The fourth-order valence-electron chi connectivity index (χ4n) is 3.20. The lowest BCUT2D eigenvalue weighted by Crippen LogP contribution is -2.46. The van der Waals surface area contributed by atoms with Crippen LogP contribution in [0.4, 0.5) is 4.79 Å². The molecule has 9 nitrogen and oxygen atoms in total. The number of hydrogen-bond acceptors (Lipinski definition) is 8. The van der Waals surface area contributed by atoms with Crippen LogP contribution in [-0.4, -0.2) is 34.6 Å². The maximum absolute atomic E-state index is 12.8. The molecule has 2 aromatic heterocycles. The molecular formula is C21H19ClN4O5S. The highest BCUT2D eigenvalue weighted by molar-refractivity contribution is 7.99. The van der Waals surface area contributed by atoms with Crippen molar-refractivity contribution in [3.63, 3.8) is 0 Å². The zero-order chi connectivity index (χ0) is 22.7. The molecule has 1 aromatic carbocycles. The Balaban J connectivity index is 1.62. The molecule has 0 bridgehead atoms. The summed E-state index contributed by atoms with van der Waals surface area (Å²) in [6.45, 7) is 3.71. The number of ether oxygens (including phenoxy) is 1. The Morgan fingerprint density at radius 2 is 2.03 bits per heavy atom. The molecule has 1 unspecified atom stereocenters. The standard InChI is InChI=1S/C21H19ClN4O5S/c1-3-29-19(27)16-15(23-20(28)24-17(16)12-4-6-13(22)7-5-12)10-32-21-26-25-18(31-21)14-8-9-30-11(14)2/h4-9,17H,3,10H2,1-2H3,(H2,23,24,28). The Labute approximate surface area is 192 Å². The zero-order valence-corrected chi connectivity index (χ0v) is 18.7. The van der Waals surface area contributed by atoms with Gasteiger partial charge in [0.15, 0.2) is 0 Å². The molecule has 3 heterocycles. The molecule has 2 amide bonds. The van der Waals surface area contributed by atoms with Gasteiger partial charge in [-0.15, -0.1) is 10.2 Å². The van der Waals surface area contributed by atoms with Crippen molar-refractivity contribution < 1.29 is 23.2 Å². The van der Waals surface area contributed by atoms with Gasteiger partial charge in [-0.1, -0.05) is 35.5 Å². The van der Waals surface area contributed by atoms with Crippen molar-refractivity contribution >= 4 is 35.4 Å². The fourth-order valence-corrected chi connectivity index (χ4v) is 4.06. The molecule has 32 heavy (non-hydrogen) atoms. The Morgan fingerprint density at radius 3 is 2.72 bits per heavy atom. The summed E-state index contributed by atoms with van der Waals surface area (Å²) in [7, 11) is 0. The van der Waals surface area contributed by atoms with Gasteiger partial charge in [0.05, 0.1) is 30.0 Å². The van der Waals surface area contributed by atoms with Crippen LogP contribution in [0.2, 0.25) is 5.02 Å². The molecule has 0 fully saturated rings. The van der Waals surface area contributed by atoms with Crippen molar-refractivity contribution in [3.05, 3.63) is 64.2 Å². The molecule has 0 aliphatic carbocycles. The first-order chi connectivity index (χ1) is 15.5. The number of urea groups is 1. The average Bonchev–Trinajstić information content (AvgIpc) is 3.41. The topological polar surface area (TPSA) is 119 Å². The first-order valence-electron chi connectivity index (χ1n) is 9.70. The number of hydrogen-bond donors (Lipinski definition) is 2. The first-order valence-corrected chi connectivity index (χ1v) is 11.1. The van der Waals surface area contributed by atoms with Gasteiger partial charge in [0.25, 0.3) is 11.1 Å². The van der Waals surface area contributed by atoms with E-state index in [2.05, 4.69) is 20.8 Å². The van der Waals surface area contributed by atoms with E-state index in [0.29, 0.717) is 39.1 Å². The van der Waals surface area contributed by atoms with E-state index in [1.165, 1.54) is 11.8 Å². The van der Waals surface area contributed by atoms with Crippen LogP contribution in [-0.2, 0) is 9.53 Å². The van der Waals surface area contributed by atoms with Crippen LogP contribution in [0.1, 0.15) is 24.3 Å². The van der Waals surface area contributed by atoms with Crippen LogP contribution in [0, 0.1) is 6.92 Å². The maximum atomic E-state index is 12.8. The van der Waals surface area contributed by atoms with Crippen molar-refractivity contribution in [2.75, 3.05) is 12.4 Å². The number of amides is 2. The summed E-state index contributed by atoms with van der Waals surface area (Å²) in [5.41, 5.74) is 2.10. The van der Waals surface area contributed by atoms with E-state index in [0.717, 1.165) is 0 Å². The van der Waals surface area contributed by atoms with Gasteiger partial charge >= 0.3 is 12.0 Å². The monoisotopic (exact) mass is 474 g/mol. The van der Waals surface area contributed by atoms with Gasteiger partial charge in [-0.2, -0.15) is 0 Å². The minimum Gasteiger partial charge on any atom is -0.469 e. The summed E-state index contributed by atoms with van der Waals surface area (Å²) in [6.07, 6.45) is 1.54. The van der Waals surface area contributed by atoms with Crippen molar-refractivity contribution in [2.45, 2.75) is 25.1 Å². The van der Waals surface area contributed by atoms with Gasteiger partial charge in [0, 0.05) is 16.5 Å². The predicted octanol–water partition coefficient (Wildman–Crippen LogP) is 4.25. The SMILES string of the molecule is CCOC(=O)C1=C(CSc2nnc(-c3ccoc3C)o2)NC(=O)NC1c1ccc(Cl)cc1. The molecule has 0 saturated heterocycles. The lowest BCUT2D eigenvalue weighted by atomic mass is 9.95. The van der Waals surface area contributed by atoms with Gasteiger partial charge in [-0.3, -0.25) is 0 Å². The highest BCUT2D eigenvalue weighted by Gasteiger charge is 2.34. The van der Waals surface area contributed by atoms with Gasteiger partial charge < -0.3 is 24.2 Å². The molecule has 0 radical (unpaired) electrons. The lowest BCUT2D eigenvalue weighted by molar-refractivity contribution is -0.139. The highest BCUT2D eigenvalue weighted by Crippen LogP contribution is 2.32. The molecule has 1 aliphatic heterocycles. The third-order valence-corrected chi connectivity index (χ3v) is 5.78. The number of thioether (sulfide) groups is 1. The van der Waals surface area contributed by atoms with Crippen molar-refractivity contribution in [2.24, 2.45) is 0 Å². The summed E-state index contributed by atoms with van der Waals surface area (Å²) in [5.74, 6) is 0.661. The molecule has 11 heteroatoms. The highest BCUT2D eigenvalue weighted by atomic mass is 35.5. The number of aryl methyl sites for hydroxylation is 1. The zero-order valence-electron chi connectivity index (χ0n) is 17.2. The normalized spacial score (nSPS) is 16.0. The first kappa shape index (κ1) is 22.0. The summed E-state index contributed by atoms with van der Waals surface area (Å²) in [4.78, 5) is 25.2. The third kappa shape index (κ3) is 4.66. The molecule has 3 aromatic rings. The predicted molar refractivity (Wildman–Crippen MR) is 117 cm³/mol. The second kappa shape index (κ2) is 9.49. The summed E-state index contributed by atoms with van der Waals surface area (Å²) in [6, 6.07) is 7.50. The molecule has 0 spiro atoms. The molecule has 4 rings (SSSR count). The maximum Gasteiger partial charge on any atom is 0.338 e. The van der Waals surface area contributed by atoms with Gasteiger partial charge in [-0.25, -0.2) is 9.59 Å². The van der Waals surface area contributed by atoms with Gasteiger partial charge in [0.2, 0.25) is 0 Å². The van der Waals surface area contributed by atoms with Crippen LogP contribution < -0.4 is 10.6 Å². The average molecular weight is 475 g/mol. The number of carbonyl (C=O) groups excluding carboxylic acids is 2. The summed E-state index contributed by atoms with van der Waals surface area (Å²) < 4.78 is 16.2. The minimum absolute atomic E-state index is 0.196. The Morgan fingerprint density at radius 1 is 1.25 bits per heavy atom. The number of rotatable bonds is 7. The molecule has 0 saturated carbocycles. The van der Waals surface area contributed by atoms with Crippen LogP contribution in [0.15, 0.2) is 61.9 Å². The van der Waals surface area contributed by atoms with E-state index in [1.54, 1.807) is 50.4 Å². The lowest BCUT2D eigenvalue weighted by Gasteiger charge is -2.29. The van der Waals surface area contributed by atoms with Gasteiger partial charge in [0.1, 0.15) is 5.76 Å². The molecule has 166 valence electrons. The number of furan rings is 1. The Bertz CT molecular complexity index is 1170. The van der Waals surface area contributed by atoms with E-state index < -0.39 is 18.0 Å². The number of nitrogens with one attached hydrogen (secondary N) is 2.